The van der Waals surface area contributed by atoms with E-state index in [2.05, 4.69) is 10.6 Å². The number of benzene rings is 2. The molecule has 0 aliphatic rings. The van der Waals surface area contributed by atoms with Crippen molar-refractivity contribution in [3.8, 4) is 6.07 Å². The summed E-state index contributed by atoms with van der Waals surface area (Å²) in [6, 6.07) is 11.1. The van der Waals surface area contributed by atoms with Gasteiger partial charge in [0.2, 0.25) is 0 Å². The molecule has 0 aliphatic heterocycles. The van der Waals surface area contributed by atoms with Gasteiger partial charge in [-0.15, -0.1) is 0 Å². The van der Waals surface area contributed by atoms with E-state index in [0.29, 0.717) is 5.56 Å². The smallest absolute Gasteiger partial charge is 0.315 e. The van der Waals surface area contributed by atoms with Crippen LogP contribution in [0.25, 0.3) is 0 Å². The molecule has 2 aromatic rings. The Kier molecular flexibility index (Phi) is 6.09. The van der Waals surface area contributed by atoms with Crippen molar-refractivity contribution in [3.05, 3.63) is 70.0 Å². The highest BCUT2D eigenvalue weighted by Crippen LogP contribution is 2.16. The van der Waals surface area contributed by atoms with Crippen molar-refractivity contribution in [2.24, 2.45) is 0 Å². The van der Waals surface area contributed by atoms with Crippen molar-refractivity contribution in [1.82, 2.24) is 10.6 Å². The number of nitrogens with one attached hydrogen (secondary N) is 2. The molecule has 0 unspecified atom stereocenters. The third kappa shape index (κ3) is 5.30. The maximum absolute atomic E-state index is 13.6. The minimum atomic E-state index is -0.831. The van der Waals surface area contributed by atoms with Crippen molar-refractivity contribution >= 4 is 6.03 Å². The quantitative estimate of drug-likeness (QED) is 0.782. The molecular weight excluding hydrogens is 321 g/mol. The number of rotatable bonds is 5. The van der Waals surface area contributed by atoms with Crippen LogP contribution in [0.1, 0.15) is 33.9 Å². The molecule has 1 atom stereocenters. The largest absolute Gasteiger partial charge is 0.387 e. The normalized spacial score (nSPS) is 11.5. The summed E-state index contributed by atoms with van der Waals surface area (Å²) >= 11 is 0. The Bertz CT molecular complexity index is 795. The molecule has 0 fully saturated rings. The molecule has 0 heterocycles. The average molecular weight is 341 g/mol. The van der Waals surface area contributed by atoms with Crippen LogP contribution in [0.4, 0.5) is 9.18 Å². The summed E-state index contributed by atoms with van der Waals surface area (Å²) in [6.07, 6.45) is -0.831. The number of aliphatic hydroxyl groups is 1. The van der Waals surface area contributed by atoms with Gasteiger partial charge in [0.25, 0.3) is 0 Å². The number of aliphatic hydroxyl groups excluding tert-OH is 1. The zero-order chi connectivity index (χ0) is 18.4. The molecule has 2 aromatic carbocycles. The lowest BCUT2D eigenvalue weighted by Gasteiger charge is -2.14. The summed E-state index contributed by atoms with van der Waals surface area (Å²) in [5, 5.41) is 24.1. The zero-order valence-electron chi connectivity index (χ0n) is 14.1. The highest BCUT2D eigenvalue weighted by molar-refractivity contribution is 5.73. The first-order valence-electron chi connectivity index (χ1n) is 7.85. The number of carbonyl (C=O) groups excluding carboxylic acids is 1. The lowest BCUT2D eigenvalue weighted by molar-refractivity contribution is 0.173. The average Bonchev–Trinajstić information content (AvgIpc) is 2.58. The van der Waals surface area contributed by atoms with E-state index in [-0.39, 0.29) is 18.7 Å². The summed E-state index contributed by atoms with van der Waals surface area (Å²) in [7, 11) is 0. The molecule has 0 saturated carbocycles. The van der Waals surface area contributed by atoms with Crippen molar-refractivity contribution in [3.63, 3.8) is 0 Å². The minimum absolute atomic E-state index is 0.0371. The third-order valence-corrected chi connectivity index (χ3v) is 3.70. The first-order chi connectivity index (χ1) is 11.9. The number of aryl methyl sites for hydroxylation is 2. The number of amides is 2. The number of nitriles is 1. The topological polar surface area (TPSA) is 85.2 Å². The Morgan fingerprint density at radius 1 is 1.20 bits per heavy atom. The van der Waals surface area contributed by atoms with E-state index in [1.54, 1.807) is 0 Å². The fourth-order valence-electron chi connectivity index (χ4n) is 2.53. The van der Waals surface area contributed by atoms with E-state index < -0.39 is 18.0 Å². The maximum Gasteiger partial charge on any atom is 0.315 e. The molecule has 6 heteroatoms. The van der Waals surface area contributed by atoms with E-state index >= 15 is 0 Å². The highest BCUT2D eigenvalue weighted by atomic mass is 19.1. The van der Waals surface area contributed by atoms with Gasteiger partial charge in [-0.3, -0.25) is 0 Å². The van der Waals surface area contributed by atoms with Crippen molar-refractivity contribution in [2.75, 3.05) is 6.54 Å². The van der Waals surface area contributed by atoms with Crippen molar-refractivity contribution in [1.29, 1.82) is 5.26 Å². The Morgan fingerprint density at radius 2 is 1.88 bits per heavy atom. The van der Waals surface area contributed by atoms with E-state index in [9.17, 15) is 14.3 Å². The van der Waals surface area contributed by atoms with E-state index in [0.717, 1.165) is 16.7 Å². The predicted octanol–water partition coefficient (Wildman–Crippen LogP) is 2.85. The maximum atomic E-state index is 13.6. The Labute approximate surface area is 146 Å². The van der Waals surface area contributed by atoms with Gasteiger partial charge >= 0.3 is 6.03 Å². The van der Waals surface area contributed by atoms with Crippen LogP contribution in [0.5, 0.6) is 0 Å². The van der Waals surface area contributed by atoms with Gasteiger partial charge < -0.3 is 15.7 Å². The Morgan fingerprint density at radius 3 is 2.52 bits per heavy atom. The summed E-state index contributed by atoms with van der Waals surface area (Å²) in [5.41, 5.74) is 3.34. The first-order valence-corrected chi connectivity index (χ1v) is 7.85. The van der Waals surface area contributed by atoms with Gasteiger partial charge in [-0.05, 0) is 37.6 Å². The number of urea groups is 1. The molecule has 5 nitrogen and oxygen atoms in total. The van der Waals surface area contributed by atoms with E-state index in [1.807, 2.05) is 38.1 Å². The molecule has 0 aliphatic carbocycles. The molecular formula is C19H20FN3O2. The van der Waals surface area contributed by atoms with Crippen LogP contribution in [-0.2, 0) is 6.54 Å². The van der Waals surface area contributed by atoms with Crippen LogP contribution in [0.3, 0.4) is 0 Å². The molecule has 2 rings (SSSR count). The van der Waals surface area contributed by atoms with Crippen LogP contribution >= 0.6 is 0 Å². The van der Waals surface area contributed by atoms with E-state index in [1.165, 1.54) is 18.2 Å². The molecule has 0 aromatic heterocycles. The van der Waals surface area contributed by atoms with Crippen LogP contribution in [0.15, 0.2) is 36.4 Å². The molecule has 25 heavy (non-hydrogen) atoms. The van der Waals surface area contributed by atoms with Gasteiger partial charge in [0.05, 0.1) is 17.7 Å². The van der Waals surface area contributed by atoms with Crippen LogP contribution < -0.4 is 10.6 Å². The number of carbonyl (C=O) groups is 1. The summed E-state index contributed by atoms with van der Waals surface area (Å²) < 4.78 is 13.6. The summed E-state index contributed by atoms with van der Waals surface area (Å²) in [6.45, 7) is 3.86. The van der Waals surface area contributed by atoms with Crippen LogP contribution in [0, 0.1) is 31.0 Å². The van der Waals surface area contributed by atoms with Crippen molar-refractivity contribution < 1.29 is 14.3 Å². The lowest BCUT2D eigenvalue weighted by atomic mass is 10.0. The summed E-state index contributed by atoms with van der Waals surface area (Å²) in [5.74, 6) is -0.491. The van der Waals surface area contributed by atoms with Crippen LogP contribution in [-0.4, -0.2) is 17.7 Å². The lowest BCUT2D eigenvalue weighted by Crippen LogP contribution is -2.37. The van der Waals surface area contributed by atoms with Gasteiger partial charge in [0.15, 0.2) is 0 Å². The van der Waals surface area contributed by atoms with Crippen molar-refractivity contribution in [2.45, 2.75) is 26.5 Å². The minimum Gasteiger partial charge on any atom is -0.387 e. The fourth-order valence-corrected chi connectivity index (χ4v) is 2.53. The van der Waals surface area contributed by atoms with E-state index in [4.69, 9.17) is 5.26 Å². The van der Waals surface area contributed by atoms with Gasteiger partial charge in [0.1, 0.15) is 5.82 Å². The monoisotopic (exact) mass is 341 g/mol. The number of hydrogen-bond acceptors (Lipinski definition) is 3. The molecule has 0 saturated heterocycles. The number of hydrogen-bond donors (Lipinski definition) is 3. The molecule has 0 radical (unpaired) electrons. The first kappa shape index (κ1) is 18.4. The second-order valence-corrected chi connectivity index (χ2v) is 5.92. The van der Waals surface area contributed by atoms with Gasteiger partial charge in [-0.25, -0.2) is 9.18 Å². The zero-order valence-corrected chi connectivity index (χ0v) is 14.1. The van der Waals surface area contributed by atoms with Gasteiger partial charge in [-0.2, -0.15) is 5.26 Å². The fraction of sp³-hybridized carbons (Fsp3) is 0.263. The molecule has 130 valence electrons. The van der Waals surface area contributed by atoms with Gasteiger partial charge in [0, 0.05) is 18.7 Å². The summed E-state index contributed by atoms with van der Waals surface area (Å²) in [4.78, 5) is 11.8. The number of nitrogens with zero attached hydrogens (tertiary/aromatic N) is 1. The standard InChI is InChI=1S/C19H20FN3O2/c1-12-5-13(2)7-15(6-12)18(24)11-23-19(25)22-10-16-8-14(9-21)3-4-17(16)20/h3-8,18,24H,10-11H2,1-2H3,(H2,22,23,25)/t18-/m0/s1. The Hall–Kier alpha value is -2.91. The highest BCUT2D eigenvalue weighted by Gasteiger charge is 2.11. The SMILES string of the molecule is Cc1cc(C)cc([C@@H](O)CNC(=O)NCc2cc(C#N)ccc2F)c1. The molecule has 2 amide bonds. The molecule has 0 spiro atoms. The van der Waals surface area contributed by atoms with Crippen LogP contribution in [0.2, 0.25) is 0 Å². The van der Waals surface area contributed by atoms with Gasteiger partial charge in [-0.1, -0.05) is 29.3 Å². The third-order valence-electron chi connectivity index (χ3n) is 3.70. The number of halogens is 1. The molecule has 0 bridgehead atoms. The predicted molar refractivity (Wildman–Crippen MR) is 92.2 cm³/mol. The second-order valence-electron chi connectivity index (χ2n) is 5.92. The second kappa shape index (κ2) is 8.27. The Balaban J connectivity index is 1.87. The molecule has 3 N–H and O–H groups in total.